The summed E-state index contributed by atoms with van der Waals surface area (Å²) in [4.78, 5) is 47.8. The minimum atomic E-state index is -0.804. The van der Waals surface area contributed by atoms with Gasteiger partial charge in [0.05, 0.1) is 11.6 Å². The second kappa shape index (κ2) is 16.8. The van der Waals surface area contributed by atoms with Gasteiger partial charge in [-0.2, -0.15) is 5.10 Å². The largest absolute Gasteiger partial charge is 0.507 e. The maximum Gasteiger partial charge on any atom is 0.250 e. The van der Waals surface area contributed by atoms with Crippen molar-refractivity contribution in [2.75, 3.05) is 57.8 Å². The van der Waals surface area contributed by atoms with E-state index in [1.807, 2.05) is 47.8 Å². The molecular weight excluding hydrogens is 707 g/mol. The number of hydrogen-bond acceptors (Lipinski definition) is 10. The number of rotatable bonds is 10. The molecule has 0 radical (unpaired) electrons. The number of phenolic OH excluding ortho intramolecular Hbond substituents is 1. The summed E-state index contributed by atoms with van der Waals surface area (Å²) in [5.41, 5.74) is 16.5. The molecule has 298 valence electrons. The summed E-state index contributed by atoms with van der Waals surface area (Å²) >= 11 is 0. The molecule has 4 aliphatic heterocycles. The highest BCUT2D eigenvalue weighted by molar-refractivity contribution is 6.01. The molecule has 1 aromatic heterocycles. The van der Waals surface area contributed by atoms with E-state index in [2.05, 4.69) is 32.1 Å². The lowest BCUT2D eigenvalue weighted by atomic mass is 9.84. The number of phenols is 1. The van der Waals surface area contributed by atoms with Crippen molar-refractivity contribution >= 4 is 29.1 Å². The summed E-state index contributed by atoms with van der Waals surface area (Å²) in [6, 6.07) is 17.4. The maximum atomic E-state index is 14.7. The number of anilines is 1. The first-order valence-electron chi connectivity index (χ1n) is 20.2. The fourth-order valence-electron chi connectivity index (χ4n) is 9.32. The van der Waals surface area contributed by atoms with Crippen LogP contribution in [0.15, 0.2) is 78.8 Å². The summed E-state index contributed by atoms with van der Waals surface area (Å²) in [6.07, 6.45) is 11.4. The number of imide groups is 1. The Hall–Kier alpha value is -5.30. The summed E-state index contributed by atoms with van der Waals surface area (Å²) in [5, 5.41) is 17.5. The molecule has 13 nitrogen and oxygen atoms in total. The Kier molecular flexibility index (Phi) is 11.7. The van der Waals surface area contributed by atoms with E-state index in [-0.39, 0.29) is 35.4 Å². The van der Waals surface area contributed by atoms with E-state index in [0.29, 0.717) is 56.0 Å². The van der Waals surface area contributed by atoms with Gasteiger partial charge in [0.2, 0.25) is 11.8 Å². The zero-order valence-electron chi connectivity index (χ0n) is 32.8. The van der Waals surface area contributed by atoms with Gasteiger partial charge in [0.1, 0.15) is 11.3 Å². The molecule has 56 heavy (non-hydrogen) atoms. The molecule has 3 aromatic rings. The van der Waals surface area contributed by atoms with E-state index in [9.17, 15) is 19.5 Å². The van der Waals surface area contributed by atoms with Crippen molar-refractivity contribution in [3.8, 4) is 5.75 Å². The van der Waals surface area contributed by atoms with Gasteiger partial charge in [0.25, 0.3) is 5.91 Å². The van der Waals surface area contributed by atoms with Gasteiger partial charge in [-0.15, -0.1) is 0 Å². The number of hydrogen-bond donors (Lipinski definition) is 4. The highest BCUT2D eigenvalue weighted by atomic mass is 16.3. The number of carbonyl (C=O) groups is 3. The minimum Gasteiger partial charge on any atom is -0.507 e. The van der Waals surface area contributed by atoms with Crippen LogP contribution in [-0.2, 0) is 19.9 Å². The number of amides is 3. The summed E-state index contributed by atoms with van der Waals surface area (Å²) < 4.78 is 1.94. The highest BCUT2D eigenvalue weighted by Crippen LogP contribution is 2.36. The quantitative estimate of drug-likeness (QED) is 0.176. The molecule has 6 N–H and O–H groups in total. The van der Waals surface area contributed by atoms with Crippen molar-refractivity contribution in [1.82, 2.24) is 29.8 Å². The van der Waals surface area contributed by atoms with Crippen molar-refractivity contribution in [2.45, 2.75) is 75.8 Å². The van der Waals surface area contributed by atoms with Crippen molar-refractivity contribution < 1.29 is 19.5 Å². The molecule has 3 amide bonds. The lowest BCUT2D eigenvalue weighted by Gasteiger charge is -2.46. The number of nitrogens with two attached hydrogens (primary N) is 2. The van der Waals surface area contributed by atoms with Crippen molar-refractivity contribution in [3.05, 3.63) is 95.6 Å². The fraction of sp³-hybridized carbons (Fsp3) is 0.488. The van der Waals surface area contributed by atoms with Crippen LogP contribution in [0, 0.1) is 12.8 Å². The lowest BCUT2D eigenvalue weighted by molar-refractivity contribution is -0.146. The van der Waals surface area contributed by atoms with Gasteiger partial charge < -0.3 is 36.2 Å². The topological polar surface area (TPSA) is 166 Å². The Morgan fingerprint density at radius 2 is 1.66 bits per heavy atom. The molecule has 0 saturated carbocycles. The molecular formula is C43H57N9O4. The van der Waals surface area contributed by atoms with Crippen LogP contribution in [0.2, 0.25) is 0 Å². The zero-order valence-corrected chi connectivity index (χ0v) is 32.8. The van der Waals surface area contributed by atoms with E-state index in [1.54, 1.807) is 30.5 Å². The number of aromatic nitrogens is 2. The van der Waals surface area contributed by atoms with Crippen molar-refractivity contribution in [2.24, 2.45) is 17.4 Å². The van der Waals surface area contributed by atoms with Crippen LogP contribution in [0.4, 0.5) is 5.69 Å². The molecule has 1 atom stereocenters. The molecule has 0 spiro atoms. The first kappa shape index (κ1) is 39.0. The van der Waals surface area contributed by atoms with Crippen LogP contribution in [-0.4, -0.2) is 106 Å². The Morgan fingerprint density at radius 3 is 2.29 bits per heavy atom. The SMILES string of the molecule is Cc1ccnn1C1(C(=O)N(C)C2CCN(CC3CCN(c4ccc([C@H]5CCC(=O)NC5=O)cc4)CC3)CC2)CCN(C(/C=C(\N)c2ccccc2O)=C/N)CC1. The van der Waals surface area contributed by atoms with Gasteiger partial charge in [0, 0.05) is 100 Å². The van der Waals surface area contributed by atoms with E-state index < -0.39 is 5.54 Å². The average Bonchev–Trinajstić information content (AvgIpc) is 3.66. The van der Waals surface area contributed by atoms with Gasteiger partial charge in [-0.3, -0.25) is 24.4 Å². The highest BCUT2D eigenvalue weighted by Gasteiger charge is 2.47. The van der Waals surface area contributed by atoms with E-state index in [1.165, 1.54) is 11.9 Å². The van der Waals surface area contributed by atoms with E-state index in [4.69, 9.17) is 16.6 Å². The first-order chi connectivity index (χ1) is 27.1. The monoisotopic (exact) mass is 763 g/mol. The van der Waals surface area contributed by atoms with Gasteiger partial charge in [-0.25, -0.2) is 0 Å². The molecule has 7 rings (SSSR count). The van der Waals surface area contributed by atoms with Crippen LogP contribution in [0.25, 0.3) is 5.70 Å². The second-order valence-corrected chi connectivity index (χ2v) is 16.1. The maximum absolute atomic E-state index is 14.7. The smallest absolute Gasteiger partial charge is 0.250 e. The molecule has 4 fully saturated rings. The number of aryl methyl sites for hydroxylation is 1. The number of likely N-dealkylation sites (N-methyl/N-ethyl adjacent to an activating group) is 1. The average molecular weight is 764 g/mol. The number of aromatic hydroxyl groups is 1. The van der Waals surface area contributed by atoms with Crippen molar-refractivity contribution in [3.63, 3.8) is 0 Å². The number of nitrogens with zero attached hydrogens (tertiary/aromatic N) is 6. The number of likely N-dealkylation sites (tertiary alicyclic amines) is 2. The third-order valence-electron chi connectivity index (χ3n) is 12.7. The Balaban J connectivity index is 0.914. The standard InChI is InChI=1S/C43H57N9O4/c1-30-13-20-46-52(30)43(18-25-51(26-19-43)35(28-44)27-38(45)37-5-3-4-6-39(37)53)42(56)48(2)33-16-21-49(22-17-33)29-31-14-23-50(24-15-31)34-9-7-32(8-10-34)36-11-12-40(54)47-41(36)55/h3-10,13,20,27-28,31,33,36,53H,11-12,14-19,21-26,29,44-45H2,1-2H3,(H,47,54,55)/b35-28+,38-27-/t36-/m1/s1. The predicted octanol–water partition coefficient (Wildman–Crippen LogP) is 3.85. The lowest BCUT2D eigenvalue weighted by Crippen LogP contribution is -2.58. The Labute approximate surface area is 330 Å². The summed E-state index contributed by atoms with van der Waals surface area (Å²) in [6.45, 7) is 8.24. The summed E-state index contributed by atoms with van der Waals surface area (Å²) in [5.74, 6) is 0.225. The zero-order chi connectivity index (χ0) is 39.4. The fourth-order valence-corrected chi connectivity index (χ4v) is 9.32. The first-order valence-corrected chi connectivity index (χ1v) is 20.2. The van der Waals surface area contributed by atoms with Crippen LogP contribution in [0.3, 0.4) is 0 Å². The molecule has 13 heteroatoms. The summed E-state index contributed by atoms with van der Waals surface area (Å²) in [7, 11) is 1.98. The van der Waals surface area contributed by atoms with Crippen LogP contribution < -0.4 is 21.7 Å². The van der Waals surface area contributed by atoms with Gasteiger partial charge in [-0.1, -0.05) is 24.3 Å². The number of para-hydroxylation sites is 1. The number of allylic oxidation sites excluding steroid dienone is 1. The number of carbonyl (C=O) groups excluding carboxylic acids is 3. The molecule has 4 saturated heterocycles. The minimum absolute atomic E-state index is 0.110. The van der Waals surface area contributed by atoms with E-state index >= 15 is 0 Å². The molecule has 4 aliphatic rings. The van der Waals surface area contributed by atoms with Crippen molar-refractivity contribution in [1.29, 1.82) is 0 Å². The number of benzene rings is 2. The van der Waals surface area contributed by atoms with Gasteiger partial charge in [-0.05, 0) is 99.8 Å². The third-order valence-corrected chi connectivity index (χ3v) is 12.7. The predicted molar refractivity (Wildman–Crippen MR) is 217 cm³/mol. The van der Waals surface area contributed by atoms with Crippen LogP contribution >= 0.6 is 0 Å². The number of nitrogens with one attached hydrogen (secondary N) is 1. The van der Waals surface area contributed by atoms with Crippen LogP contribution in [0.5, 0.6) is 5.75 Å². The number of piperidine rings is 4. The van der Waals surface area contributed by atoms with E-state index in [0.717, 1.165) is 75.4 Å². The third kappa shape index (κ3) is 8.14. The van der Waals surface area contributed by atoms with Crippen LogP contribution in [0.1, 0.15) is 74.1 Å². The molecule has 0 unspecified atom stereocenters. The normalized spacial score (nSPS) is 21.9. The Bertz CT molecular complexity index is 1930. The second-order valence-electron chi connectivity index (χ2n) is 16.1. The molecule has 0 aliphatic carbocycles. The Morgan fingerprint density at radius 1 is 0.964 bits per heavy atom. The molecule has 0 bridgehead atoms. The van der Waals surface area contributed by atoms with Gasteiger partial charge >= 0.3 is 0 Å². The molecule has 5 heterocycles. The molecule has 2 aromatic carbocycles. The van der Waals surface area contributed by atoms with Gasteiger partial charge in [0.15, 0.2) is 0 Å².